The molecule has 1 heterocycles. The number of Topliss-reactive ketones (excluding diaryl/α,β-unsaturated/α-hetero) is 2. The molecule has 1 unspecified atom stereocenters. The second kappa shape index (κ2) is 12.0. The van der Waals surface area contributed by atoms with E-state index in [2.05, 4.69) is 10.3 Å². The molecule has 0 saturated heterocycles. The van der Waals surface area contributed by atoms with E-state index in [0.29, 0.717) is 19.3 Å². The Morgan fingerprint density at radius 2 is 1.58 bits per heavy atom. The van der Waals surface area contributed by atoms with E-state index in [4.69, 9.17) is 0 Å². The van der Waals surface area contributed by atoms with Crippen LogP contribution in [0.4, 0.5) is 5.69 Å². The van der Waals surface area contributed by atoms with Crippen molar-refractivity contribution in [2.45, 2.75) is 64.7 Å². The highest BCUT2D eigenvalue weighted by Crippen LogP contribution is 2.23. The normalized spacial score (nSPS) is 11.8. The summed E-state index contributed by atoms with van der Waals surface area (Å²) in [5.74, 6) is 0.0955. The summed E-state index contributed by atoms with van der Waals surface area (Å²) in [5, 5.41) is 3.95. The van der Waals surface area contributed by atoms with Gasteiger partial charge >= 0.3 is 0 Å². The lowest BCUT2D eigenvalue weighted by molar-refractivity contribution is -0.119. The standard InChI is InChI=1S/C28H32N2O3/c1-20(31)9-5-3-4-6-13-27(33)30-25-16-14-22(15-17-25)21(2)26(32)19-24-11-7-10-23-12-8-18-29-28(23)24/h7-8,10-12,14-18,21H,3-6,9,13,19H2,1-2H3,(H,30,33). The van der Waals surface area contributed by atoms with Gasteiger partial charge in [0, 0.05) is 42.5 Å². The molecule has 0 radical (unpaired) electrons. The van der Waals surface area contributed by atoms with Crippen LogP contribution in [0.2, 0.25) is 0 Å². The summed E-state index contributed by atoms with van der Waals surface area (Å²) in [6.45, 7) is 3.53. The number of rotatable bonds is 12. The summed E-state index contributed by atoms with van der Waals surface area (Å²) >= 11 is 0. The van der Waals surface area contributed by atoms with Crippen LogP contribution < -0.4 is 5.32 Å². The largest absolute Gasteiger partial charge is 0.326 e. The van der Waals surface area contributed by atoms with Crippen molar-refractivity contribution in [1.82, 2.24) is 4.98 Å². The summed E-state index contributed by atoms with van der Waals surface area (Å²) < 4.78 is 0. The molecule has 3 aromatic rings. The molecule has 1 amide bonds. The Bertz CT molecular complexity index is 1100. The van der Waals surface area contributed by atoms with Crippen molar-refractivity contribution in [1.29, 1.82) is 0 Å². The van der Waals surface area contributed by atoms with Crippen LogP contribution in [0.15, 0.2) is 60.8 Å². The van der Waals surface area contributed by atoms with E-state index < -0.39 is 0 Å². The maximum absolute atomic E-state index is 12.9. The van der Waals surface area contributed by atoms with Gasteiger partial charge < -0.3 is 10.1 Å². The summed E-state index contributed by atoms with van der Waals surface area (Å²) in [6, 6.07) is 17.3. The maximum atomic E-state index is 12.9. The SMILES string of the molecule is CC(=O)CCCCCCC(=O)Nc1ccc(C(C)C(=O)Cc2cccc3cccnc23)cc1. The zero-order valence-electron chi connectivity index (χ0n) is 19.5. The van der Waals surface area contributed by atoms with Crippen LogP contribution in [0, 0.1) is 0 Å². The van der Waals surface area contributed by atoms with Gasteiger partial charge in [0.2, 0.25) is 5.91 Å². The Morgan fingerprint density at radius 3 is 2.30 bits per heavy atom. The van der Waals surface area contributed by atoms with Gasteiger partial charge in [-0.3, -0.25) is 14.6 Å². The lowest BCUT2D eigenvalue weighted by Crippen LogP contribution is -2.13. The minimum atomic E-state index is -0.247. The maximum Gasteiger partial charge on any atom is 0.224 e. The summed E-state index contributed by atoms with van der Waals surface area (Å²) in [7, 11) is 0. The van der Waals surface area contributed by atoms with Gasteiger partial charge in [0.05, 0.1) is 5.52 Å². The minimum absolute atomic E-state index is 0.0121. The molecule has 0 saturated carbocycles. The molecule has 172 valence electrons. The van der Waals surface area contributed by atoms with Gasteiger partial charge in [-0.1, -0.05) is 56.2 Å². The van der Waals surface area contributed by atoms with Crippen LogP contribution in [0.3, 0.4) is 0 Å². The highest BCUT2D eigenvalue weighted by Gasteiger charge is 2.17. The minimum Gasteiger partial charge on any atom is -0.326 e. The number of carbonyl (C=O) groups is 3. The zero-order valence-corrected chi connectivity index (χ0v) is 19.5. The van der Waals surface area contributed by atoms with E-state index >= 15 is 0 Å². The van der Waals surface area contributed by atoms with E-state index in [0.717, 1.165) is 53.4 Å². The van der Waals surface area contributed by atoms with Gasteiger partial charge in [0.15, 0.2) is 0 Å². The quantitative estimate of drug-likeness (QED) is 0.347. The topological polar surface area (TPSA) is 76.1 Å². The molecule has 3 rings (SSSR count). The number of ketones is 2. The molecule has 2 aromatic carbocycles. The molecule has 0 bridgehead atoms. The molecule has 0 aliphatic rings. The fourth-order valence-electron chi connectivity index (χ4n) is 3.93. The van der Waals surface area contributed by atoms with E-state index in [1.165, 1.54) is 0 Å². The highest BCUT2D eigenvalue weighted by molar-refractivity contribution is 5.92. The van der Waals surface area contributed by atoms with Crippen molar-refractivity contribution in [3.8, 4) is 0 Å². The van der Waals surface area contributed by atoms with Gasteiger partial charge in [-0.15, -0.1) is 0 Å². The molecule has 0 fully saturated rings. The predicted molar refractivity (Wildman–Crippen MR) is 132 cm³/mol. The van der Waals surface area contributed by atoms with Crippen LogP contribution in [0.1, 0.15) is 69.4 Å². The van der Waals surface area contributed by atoms with Crippen molar-refractivity contribution in [3.63, 3.8) is 0 Å². The monoisotopic (exact) mass is 444 g/mol. The van der Waals surface area contributed by atoms with E-state index in [-0.39, 0.29) is 23.4 Å². The molecule has 5 heteroatoms. The van der Waals surface area contributed by atoms with E-state index in [1.807, 2.05) is 61.5 Å². The Hall–Kier alpha value is -3.34. The van der Waals surface area contributed by atoms with E-state index in [1.54, 1.807) is 13.1 Å². The number of nitrogens with zero attached hydrogens (tertiary/aromatic N) is 1. The molecular weight excluding hydrogens is 412 g/mol. The van der Waals surface area contributed by atoms with Crippen molar-refractivity contribution in [2.24, 2.45) is 0 Å². The third-order valence-corrected chi connectivity index (χ3v) is 5.94. The fraction of sp³-hybridized carbons (Fsp3) is 0.357. The summed E-state index contributed by atoms with van der Waals surface area (Å²) in [4.78, 5) is 40.5. The molecular formula is C28H32N2O3. The van der Waals surface area contributed by atoms with Gasteiger partial charge in [-0.25, -0.2) is 0 Å². The lowest BCUT2D eigenvalue weighted by atomic mass is 9.92. The molecule has 1 aromatic heterocycles. The Balaban J connectivity index is 1.49. The first-order valence-corrected chi connectivity index (χ1v) is 11.7. The van der Waals surface area contributed by atoms with Crippen molar-refractivity contribution >= 4 is 34.1 Å². The van der Waals surface area contributed by atoms with Gasteiger partial charge in [-0.2, -0.15) is 0 Å². The van der Waals surface area contributed by atoms with Crippen LogP contribution in [-0.4, -0.2) is 22.5 Å². The van der Waals surface area contributed by atoms with Crippen LogP contribution in [0.5, 0.6) is 0 Å². The average Bonchev–Trinajstić information content (AvgIpc) is 2.81. The fourth-order valence-corrected chi connectivity index (χ4v) is 3.93. The number of anilines is 1. The first-order valence-electron chi connectivity index (χ1n) is 11.7. The van der Waals surface area contributed by atoms with Crippen LogP contribution in [-0.2, 0) is 20.8 Å². The first-order chi connectivity index (χ1) is 15.9. The molecule has 1 N–H and O–H groups in total. The molecule has 0 aliphatic heterocycles. The molecule has 33 heavy (non-hydrogen) atoms. The Morgan fingerprint density at radius 1 is 0.879 bits per heavy atom. The van der Waals surface area contributed by atoms with Crippen molar-refractivity contribution in [3.05, 3.63) is 71.9 Å². The molecule has 0 spiro atoms. The Kier molecular flexibility index (Phi) is 8.87. The number of hydrogen-bond donors (Lipinski definition) is 1. The number of amides is 1. The van der Waals surface area contributed by atoms with Gasteiger partial charge in [0.1, 0.15) is 11.6 Å². The number of pyridine rings is 1. The number of nitrogens with one attached hydrogen (secondary N) is 1. The van der Waals surface area contributed by atoms with E-state index in [9.17, 15) is 14.4 Å². The Labute approximate surface area is 195 Å². The van der Waals surface area contributed by atoms with Crippen molar-refractivity contribution < 1.29 is 14.4 Å². The third-order valence-electron chi connectivity index (χ3n) is 5.94. The second-order valence-electron chi connectivity index (χ2n) is 8.64. The number of fused-ring (bicyclic) bond motifs is 1. The summed E-state index contributed by atoms with van der Waals surface area (Å²) in [6.07, 6.45) is 6.81. The van der Waals surface area contributed by atoms with Gasteiger partial charge in [-0.05, 0) is 49.1 Å². The smallest absolute Gasteiger partial charge is 0.224 e. The van der Waals surface area contributed by atoms with Crippen LogP contribution in [0.25, 0.3) is 10.9 Å². The number of carbonyl (C=O) groups excluding carboxylic acids is 3. The predicted octanol–water partition coefficient (Wildman–Crippen LogP) is 6.02. The first kappa shape index (κ1) is 24.3. The van der Waals surface area contributed by atoms with Gasteiger partial charge in [0.25, 0.3) is 0 Å². The highest BCUT2D eigenvalue weighted by atomic mass is 16.1. The summed E-state index contributed by atoms with van der Waals surface area (Å²) in [5.41, 5.74) is 3.47. The van der Waals surface area contributed by atoms with Crippen molar-refractivity contribution in [2.75, 3.05) is 5.32 Å². The number of para-hydroxylation sites is 1. The number of aromatic nitrogens is 1. The number of unbranched alkanes of at least 4 members (excludes halogenated alkanes) is 3. The average molecular weight is 445 g/mol. The molecule has 0 aliphatic carbocycles. The lowest BCUT2D eigenvalue weighted by Gasteiger charge is -2.13. The molecule has 1 atom stereocenters. The van der Waals surface area contributed by atoms with Crippen LogP contribution >= 0.6 is 0 Å². The second-order valence-corrected chi connectivity index (χ2v) is 8.64. The number of hydrogen-bond acceptors (Lipinski definition) is 4. The zero-order chi connectivity index (χ0) is 23.6. The third kappa shape index (κ3) is 7.35. The molecule has 5 nitrogen and oxygen atoms in total. The number of benzene rings is 2.